The maximum absolute atomic E-state index is 12.8. The highest BCUT2D eigenvalue weighted by Gasteiger charge is 2.31. The lowest BCUT2D eigenvalue weighted by atomic mass is 9.97. The van der Waals surface area contributed by atoms with Crippen molar-refractivity contribution in [2.75, 3.05) is 23.7 Å². The summed E-state index contributed by atoms with van der Waals surface area (Å²) >= 11 is 0. The third kappa shape index (κ3) is 5.90. The van der Waals surface area contributed by atoms with E-state index in [4.69, 9.17) is 0 Å². The zero-order chi connectivity index (χ0) is 25.9. The summed E-state index contributed by atoms with van der Waals surface area (Å²) in [5.41, 5.74) is 2.50. The van der Waals surface area contributed by atoms with E-state index in [1.54, 1.807) is 55.5 Å². The van der Waals surface area contributed by atoms with Crippen LogP contribution in [0.5, 0.6) is 0 Å². The van der Waals surface area contributed by atoms with Gasteiger partial charge in [0.25, 0.3) is 5.91 Å². The largest absolute Gasteiger partial charge is 0.416 e. The number of amides is 1. The van der Waals surface area contributed by atoms with E-state index in [0.29, 0.717) is 12.1 Å². The predicted octanol–water partition coefficient (Wildman–Crippen LogP) is 5.42. The number of alkyl halides is 3. The van der Waals surface area contributed by atoms with Crippen LogP contribution in [0.15, 0.2) is 77.7 Å². The monoisotopic (exact) mass is 516 g/mol. The molecule has 0 aliphatic carbocycles. The molecule has 0 bridgehead atoms. The molecule has 5 nitrogen and oxygen atoms in total. The van der Waals surface area contributed by atoms with Gasteiger partial charge in [-0.3, -0.25) is 4.79 Å². The minimum absolute atomic E-state index is 0.0339. The van der Waals surface area contributed by atoms with Crippen molar-refractivity contribution in [3.8, 4) is 0 Å². The smallest absolute Gasteiger partial charge is 0.371 e. The normalized spacial score (nSPS) is 16.2. The molecule has 1 unspecified atom stereocenters. The van der Waals surface area contributed by atoms with E-state index in [1.807, 2.05) is 12.1 Å². The molecule has 4 rings (SSSR count). The van der Waals surface area contributed by atoms with Gasteiger partial charge in [0.2, 0.25) is 0 Å². The average Bonchev–Trinajstić information content (AvgIpc) is 3.37. The highest BCUT2D eigenvalue weighted by Crippen LogP contribution is 2.34. The quantitative estimate of drug-likeness (QED) is 0.455. The van der Waals surface area contributed by atoms with E-state index in [9.17, 15) is 26.4 Å². The third-order valence-corrected chi connectivity index (χ3v) is 8.26. The number of carbonyl (C=O) groups is 1. The molecule has 1 aliphatic rings. The molecule has 1 atom stereocenters. The molecule has 0 saturated carbocycles. The second-order valence-electron chi connectivity index (χ2n) is 8.83. The molecule has 190 valence electrons. The summed E-state index contributed by atoms with van der Waals surface area (Å²) < 4.78 is 62.3. The number of hydrogen-bond acceptors (Lipinski definition) is 4. The molecule has 0 aromatic heterocycles. The van der Waals surface area contributed by atoms with E-state index < -0.39 is 21.6 Å². The zero-order valence-corrected chi connectivity index (χ0v) is 20.6. The molecule has 3 aromatic rings. The number of sulfone groups is 1. The maximum atomic E-state index is 12.8. The van der Waals surface area contributed by atoms with Gasteiger partial charge in [-0.1, -0.05) is 31.2 Å². The second kappa shape index (κ2) is 10.3. The maximum Gasteiger partial charge on any atom is 0.416 e. The first kappa shape index (κ1) is 25.8. The molecular weight excluding hydrogens is 489 g/mol. The fourth-order valence-electron chi connectivity index (χ4n) is 4.30. The summed E-state index contributed by atoms with van der Waals surface area (Å²) in [5, 5.41) is 2.84. The van der Waals surface area contributed by atoms with Crippen LogP contribution >= 0.6 is 0 Å². The number of nitrogens with zero attached hydrogens (tertiary/aromatic N) is 1. The van der Waals surface area contributed by atoms with Crippen LogP contribution in [0.2, 0.25) is 0 Å². The van der Waals surface area contributed by atoms with Crippen LogP contribution in [-0.4, -0.2) is 33.2 Å². The lowest BCUT2D eigenvalue weighted by Gasteiger charge is -2.19. The van der Waals surface area contributed by atoms with Crippen LogP contribution in [0.25, 0.3) is 0 Å². The Kier molecular flexibility index (Phi) is 7.40. The summed E-state index contributed by atoms with van der Waals surface area (Å²) in [4.78, 5) is 15.0. The number of nitrogens with one attached hydrogen (secondary N) is 1. The van der Waals surface area contributed by atoms with E-state index in [1.165, 1.54) is 0 Å². The van der Waals surface area contributed by atoms with Crippen LogP contribution in [0.4, 0.5) is 18.9 Å². The summed E-state index contributed by atoms with van der Waals surface area (Å²) in [6.07, 6.45) is -3.50. The molecule has 1 aliphatic heterocycles. The van der Waals surface area contributed by atoms with Crippen molar-refractivity contribution in [3.05, 3.63) is 95.1 Å². The molecule has 1 fully saturated rings. The van der Waals surface area contributed by atoms with E-state index in [-0.39, 0.29) is 29.0 Å². The van der Waals surface area contributed by atoms with Gasteiger partial charge in [-0.2, -0.15) is 13.2 Å². The molecule has 1 N–H and O–H groups in total. The number of hydrogen-bond donors (Lipinski definition) is 1. The van der Waals surface area contributed by atoms with Crippen molar-refractivity contribution in [3.63, 3.8) is 0 Å². The van der Waals surface area contributed by atoms with Gasteiger partial charge in [0, 0.05) is 36.8 Å². The summed E-state index contributed by atoms with van der Waals surface area (Å²) in [7, 11) is -3.26. The highest BCUT2D eigenvalue weighted by atomic mass is 32.2. The fraction of sp³-hybridized carbons (Fsp3) is 0.296. The minimum atomic E-state index is -4.34. The van der Waals surface area contributed by atoms with Gasteiger partial charge >= 0.3 is 6.18 Å². The Hall–Kier alpha value is -3.33. The van der Waals surface area contributed by atoms with Gasteiger partial charge in [-0.15, -0.1) is 0 Å². The summed E-state index contributed by atoms with van der Waals surface area (Å²) in [6.45, 7) is 3.34. The predicted molar refractivity (Wildman–Crippen MR) is 133 cm³/mol. The Morgan fingerprint density at radius 2 is 1.61 bits per heavy atom. The Morgan fingerprint density at radius 3 is 2.19 bits per heavy atom. The van der Waals surface area contributed by atoms with Crippen LogP contribution in [0.3, 0.4) is 0 Å². The number of halogens is 3. The van der Waals surface area contributed by atoms with Crippen LogP contribution in [-0.2, 0) is 22.6 Å². The van der Waals surface area contributed by atoms with Gasteiger partial charge in [-0.25, -0.2) is 8.42 Å². The molecule has 0 radical (unpaired) electrons. The van der Waals surface area contributed by atoms with E-state index in [2.05, 4.69) is 10.2 Å². The molecule has 1 saturated heterocycles. The van der Waals surface area contributed by atoms with E-state index in [0.717, 1.165) is 41.9 Å². The molecule has 36 heavy (non-hydrogen) atoms. The molecule has 1 amide bonds. The average molecular weight is 517 g/mol. The van der Waals surface area contributed by atoms with Crippen LogP contribution in [0, 0.1) is 0 Å². The third-order valence-electron chi connectivity index (χ3n) is 6.51. The summed E-state index contributed by atoms with van der Waals surface area (Å²) in [6, 6.07) is 19.1. The lowest BCUT2D eigenvalue weighted by molar-refractivity contribution is -0.137. The zero-order valence-electron chi connectivity index (χ0n) is 19.8. The first-order valence-electron chi connectivity index (χ1n) is 11.7. The van der Waals surface area contributed by atoms with Crippen LogP contribution in [0.1, 0.15) is 46.3 Å². The Balaban J connectivity index is 1.32. The first-order chi connectivity index (χ1) is 17.1. The molecular formula is C27H27F3N2O3S. The number of rotatable bonds is 7. The van der Waals surface area contributed by atoms with Crippen molar-refractivity contribution >= 4 is 21.4 Å². The lowest BCUT2D eigenvalue weighted by Crippen LogP contribution is -2.23. The molecule has 0 spiro atoms. The van der Waals surface area contributed by atoms with Crippen molar-refractivity contribution in [1.82, 2.24) is 5.32 Å². The second-order valence-corrected chi connectivity index (χ2v) is 11.1. The topological polar surface area (TPSA) is 66.5 Å². The Labute approximate surface area is 208 Å². The summed E-state index contributed by atoms with van der Waals surface area (Å²) in [5.74, 6) is -0.0588. The number of benzene rings is 3. The highest BCUT2D eigenvalue weighted by molar-refractivity contribution is 7.91. The number of carbonyl (C=O) groups excluding carboxylic acids is 1. The minimum Gasteiger partial charge on any atom is -0.371 e. The van der Waals surface area contributed by atoms with Crippen molar-refractivity contribution in [1.29, 1.82) is 0 Å². The van der Waals surface area contributed by atoms with E-state index >= 15 is 0 Å². The molecule has 1 heterocycles. The Morgan fingerprint density at radius 1 is 0.972 bits per heavy atom. The number of anilines is 1. The van der Waals surface area contributed by atoms with Crippen molar-refractivity contribution in [2.24, 2.45) is 0 Å². The van der Waals surface area contributed by atoms with Gasteiger partial charge in [0.1, 0.15) is 0 Å². The first-order valence-corrected chi connectivity index (χ1v) is 13.3. The van der Waals surface area contributed by atoms with Gasteiger partial charge in [-0.05, 0) is 66.1 Å². The molecule has 3 aromatic carbocycles. The SMILES string of the molecule is CCS(=O)(=O)c1ccc(CNC(=O)c2ccc(N3CCC(c4ccc(C(F)(F)F)cc4)C3)cc2)cc1. The molecule has 9 heteroatoms. The Bertz CT molecular complexity index is 1300. The van der Waals surface area contributed by atoms with Gasteiger partial charge in [0.15, 0.2) is 9.84 Å². The van der Waals surface area contributed by atoms with Crippen LogP contribution < -0.4 is 10.2 Å². The standard InChI is InChI=1S/C27H27F3N2O3S/c1-2-36(34,35)25-13-3-19(4-14-25)17-31-26(33)21-7-11-24(12-8-21)32-16-15-22(18-32)20-5-9-23(10-6-20)27(28,29)30/h3-14,22H,2,15-18H2,1H3,(H,31,33). The van der Waals surface area contributed by atoms with Gasteiger partial charge in [0.05, 0.1) is 16.2 Å². The van der Waals surface area contributed by atoms with Crippen molar-refractivity contribution < 1.29 is 26.4 Å². The van der Waals surface area contributed by atoms with Crippen molar-refractivity contribution in [2.45, 2.75) is 36.9 Å². The fourth-order valence-corrected chi connectivity index (χ4v) is 5.18. The van der Waals surface area contributed by atoms with Gasteiger partial charge < -0.3 is 10.2 Å².